The van der Waals surface area contributed by atoms with Crippen LogP contribution in [-0.2, 0) is 15.1 Å². The fourth-order valence-corrected chi connectivity index (χ4v) is 2.27. The molecule has 0 spiro atoms. The number of methoxy groups -OCH3 is 1. The van der Waals surface area contributed by atoms with Gasteiger partial charge in [0.05, 0.1) is 6.04 Å². The first kappa shape index (κ1) is 14.4. The second-order valence-electron chi connectivity index (χ2n) is 5.18. The fraction of sp³-hybridized carbons (Fsp3) is 0.846. The quantitative estimate of drug-likeness (QED) is 0.877. The molecule has 1 aliphatic rings. The Morgan fingerprint density at radius 1 is 1.42 bits per heavy atom. The monoisotopic (exact) mass is 269 g/mol. The molecule has 0 aromatic carbocycles. The van der Waals surface area contributed by atoms with Gasteiger partial charge in [-0.3, -0.25) is 0 Å². The van der Waals surface area contributed by atoms with Crippen LogP contribution in [0, 0.1) is 5.92 Å². The molecule has 0 aliphatic carbocycles. The van der Waals surface area contributed by atoms with Crippen molar-refractivity contribution in [2.75, 3.05) is 20.3 Å². The predicted octanol–water partition coefficient (Wildman–Crippen LogP) is 1.77. The molecule has 108 valence electrons. The van der Waals surface area contributed by atoms with Gasteiger partial charge in [0.2, 0.25) is 11.7 Å². The van der Waals surface area contributed by atoms with E-state index in [1.165, 1.54) is 0 Å². The highest BCUT2D eigenvalue weighted by Gasteiger charge is 2.39. The van der Waals surface area contributed by atoms with E-state index in [0.717, 1.165) is 19.3 Å². The van der Waals surface area contributed by atoms with Crippen molar-refractivity contribution in [2.45, 2.75) is 44.8 Å². The molecule has 6 heteroatoms. The summed E-state index contributed by atoms with van der Waals surface area (Å²) in [6.45, 7) is 5.47. The van der Waals surface area contributed by atoms with Gasteiger partial charge >= 0.3 is 0 Å². The SMILES string of the molecule is CCC(C)[C@H](N)c1nc(C2(OC)CCOCC2)no1. The van der Waals surface area contributed by atoms with Gasteiger partial charge in [-0.05, 0) is 5.92 Å². The standard InChI is InChI=1S/C13H23N3O3/c1-4-9(2)10(14)11-15-12(16-19-11)13(17-3)5-7-18-8-6-13/h9-10H,4-8,14H2,1-3H3/t9?,10-/m0/s1. The van der Waals surface area contributed by atoms with Crippen LogP contribution in [-0.4, -0.2) is 30.5 Å². The number of ether oxygens (including phenoxy) is 2. The largest absolute Gasteiger partial charge is 0.381 e. The Kier molecular flexibility index (Phi) is 4.54. The van der Waals surface area contributed by atoms with E-state index in [1.807, 2.05) is 0 Å². The van der Waals surface area contributed by atoms with Gasteiger partial charge in [-0.15, -0.1) is 0 Å². The second kappa shape index (κ2) is 5.98. The Hall–Kier alpha value is -0.980. The van der Waals surface area contributed by atoms with E-state index in [1.54, 1.807) is 7.11 Å². The van der Waals surface area contributed by atoms with Crippen molar-refractivity contribution < 1.29 is 14.0 Å². The highest BCUT2D eigenvalue weighted by atomic mass is 16.5. The summed E-state index contributed by atoms with van der Waals surface area (Å²) in [7, 11) is 1.68. The summed E-state index contributed by atoms with van der Waals surface area (Å²) in [5.41, 5.74) is 5.62. The molecule has 0 amide bonds. The molecular weight excluding hydrogens is 246 g/mol. The topological polar surface area (TPSA) is 83.4 Å². The first-order valence-corrected chi connectivity index (χ1v) is 6.85. The van der Waals surface area contributed by atoms with E-state index in [2.05, 4.69) is 24.0 Å². The normalized spacial score (nSPS) is 22.1. The van der Waals surface area contributed by atoms with Crippen LogP contribution in [0.25, 0.3) is 0 Å². The molecule has 2 rings (SSSR count). The van der Waals surface area contributed by atoms with Gasteiger partial charge in [0, 0.05) is 33.2 Å². The summed E-state index contributed by atoms with van der Waals surface area (Å²) in [5, 5.41) is 4.07. The van der Waals surface area contributed by atoms with Gasteiger partial charge in [0.15, 0.2) is 0 Å². The number of rotatable bonds is 5. The van der Waals surface area contributed by atoms with Crippen LogP contribution in [0.15, 0.2) is 4.52 Å². The van der Waals surface area contributed by atoms with Crippen LogP contribution in [0.4, 0.5) is 0 Å². The minimum Gasteiger partial charge on any atom is -0.381 e. The molecule has 1 unspecified atom stereocenters. The van der Waals surface area contributed by atoms with Gasteiger partial charge in [0.1, 0.15) is 5.60 Å². The number of hydrogen-bond donors (Lipinski definition) is 1. The van der Waals surface area contributed by atoms with E-state index in [-0.39, 0.29) is 6.04 Å². The molecule has 1 saturated heterocycles. The molecule has 0 saturated carbocycles. The van der Waals surface area contributed by atoms with Crippen LogP contribution in [0.2, 0.25) is 0 Å². The molecule has 6 nitrogen and oxygen atoms in total. The zero-order valence-corrected chi connectivity index (χ0v) is 11.9. The predicted molar refractivity (Wildman–Crippen MR) is 69.4 cm³/mol. The van der Waals surface area contributed by atoms with E-state index < -0.39 is 5.60 Å². The third-order valence-corrected chi connectivity index (χ3v) is 4.08. The van der Waals surface area contributed by atoms with E-state index >= 15 is 0 Å². The lowest BCUT2D eigenvalue weighted by Gasteiger charge is -2.32. The summed E-state index contributed by atoms with van der Waals surface area (Å²) in [6, 6.07) is -0.222. The number of nitrogens with two attached hydrogens (primary N) is 1. The maximum atomic E-state index is 6.11. The molecule has 1 aliphatic heterocycles. The summed E-state index contributed by atoms with van der Waals surface area (Å²) in [6.07, 6.45) is 2.45. The molecule has 2 atom stereocenters. The van der Waals surface area contributed by atoms with Crippen molar-refractivity contribution in [2.24, 2.45) is 11.7 Å². The van der Waals surface area contributed by atoms with Crippen molar-refractivity contribution >= 4 is 0 Å². The highest BCUT2D eigenvalue weighted by Crippen LogP contribution is 2.34. The number of nitrogens with zero attached hydrogens (tertiary/aromatic N) is 2. The second-order valence-corrected chi connectivity index (χ2v) is 5.18. The molecule has 2 N–H and O–H groups in total. The van der Waals surface area contributed by atoms with E-state index in [9.17, 15) is 0 Å². The third kappa shape index (κ3) is 2.80. The fourth-order valence-electron chi connectivity index (χ4n) is 2.27. The van der Waals surface area contributed by atoms with Crippen molar-refractivity contribution in [3.8, 4) is 0 Å². The van der Waals surface area contributed by atoms with Gasteiger partial charge in [-0.1, -0.05) is 25.4 Å². The van der Waals surface area contributed by atoms with Crippen LogP contribution in [0.3, 0.4) is 0 Å². The zero-order chi connectivity index (χ0) is 13.9. The molecule has 0 radical (unpaired) electrons. The zero-order valence-electron chi connectivity index (χ0n) is 11.9. The average molecular weight is 269 g/mol. The summed E-state index contributed by atoms with van der Waals surface area (Å²) in [4.78, 5) is 4.46. The van der Waals surface area contributed by atoms with Crippen LogP contribution in [0.1, 0.15) is 50.9 Å². The molecule has 1 fully saturated rings. The van der Waals surface area contributed by atoms with Gasteiger partial charge < -0.3 is 19.7 Å². The lowest BCUT2D eigenvalue weighted by Crippen LogP contribution is -2.36. The first-order valence-electron chi connectivity index (χ1n) is 6.85. The maximum Gasteiger partial charge on any atom is 0.243 e. The van der Waals surface area contributed by atoms with Gasteiger partial charge in [-0.25, -0.2) is 0 Å². The Labute approximate surface area is 113 Å². The lowest BCUT2D eigenvalue weighted by molar-refractivity contribution is -0.101. The molecule has 1 aromatic heterocycles. The van der Waals surface area contributed by atoms with Crippen molar-refractivity contribution in [1.82, 2.24) is 10.1 Å². The Bertz CT molecular complexity index is 402. The summed E-state index contributed by atoms with van der Waals surface area (Å²) < 4.78 is 16.3. The van der Waals surface area contributed by atoms with Crippen molar-refractivity contribution in [1.29, 1.82) is 0 Å². The Morgan fingerprint density at radius 2 is 2.11 bits per heavy atom. The molecular formula is C13H23N3O3. The van der Waals surface area contributed by atoms with Crippen LogP contribution in [0.5, 0.6) is 0 Å². The Morgan fingerprint density at radius 3 is 2.68 bits per heavy atom. The minimum absolute atomic E-state index is 0.222. The Balaban J connectivity index is 2.19. The van der Waals surface area contributed by atoms with Gasteiger partial charge in [-0.2, -0.15) is 4.98 Å². The van der Waals surface area contributed by atoms with Crippen LogP contribution < -0.4 is 5.73 Å². The molecule has 1 aromatic rings. The van der Waals surface area contributed by atoms with Crippen LogP contribution >= 0.6 is 0 Å². The smallest absolute Gasteiger partial charge is 0.243 e. The summed E-state index contributed by atoms with van der Waals surface area (Å²) in [5.74, 6) is 1.39. The maximum absolute atomic E-state index is 6.11. The molecule has 19 heavy (non-hydrogen) atoms. The first-order chi connectivity index (χ1) is 9.13. The van der Waals surface area contributed by atoms with E-state index in [0.29, 0.717) is 30.8 Å². The highest BCUT2D eigenvalue weighted by molar-refractivity contribution is 5.05. The minimum atomic E-state index is -0.491. The lowest BCUT2D eigenvalue weighted by atomic mass is 9.93. The van der Waals surface area contributed by atoms with Crippen molar-refractivity contribution in [3.05, 3.63) is 11.7 Å². The number of aromatic nitrogens is 2. The molecule has 2 heterocycles. The van der Waals surface area contributed by atoms with E-state index in [4.69, 9.17) is 19.7 Å². The number of hydrogen-bond acceptors (Lipinski definition) is 6. The molecule has 0 bridgehead atoms. The van der Waals surface area contributed by atoms with Gasteiger partial charge in [0.25, 0.3) is 0 Å². The third-order valence-electron chi connectivity index (χ3n) is 4.08. The average Bonchev–Trinajstić information content (AvgIpc) is 2.96. The summed E-state index contributed by atoms with van der Waals surface area (Å²) >= 11 is 0. The van der Waals surface area contributed by atoms with Crippen molar-refractivity contribution in [3.63, 3.8) is 0 Å².